The van der Waals surface area contributed by atoms with Crippen LogP contribution in [0.15, 0.2) is 0 Å². The molecule has 1 atom stereocenters. The van der Waals surface area contributed by atoms with Gasteiger partial charge in [0, 0.05) is 12.5 Å². The number of alkyl halides is 3. The molecular formula is C8H14F3NO. The zero-order valence-corrected chi connectivity index (χ0v) is 7.74. The molecule has 0 aliphatic heterocycles. The number of carbonyl (C=O) groups excluding carboxylic acids is 1. The van der Waals surface area contributed by atoms with Gasteiger partial charge >= 0.3 is 6.18 Å². The third-order valence-corrected chi connectivity index (χ3v) is 1.66. The molecule has 0 aromatic heterocycles. The number of rotatable bonds is 4. The Hall–Kier alpha value is -0.740. The minimum Gasteiger partial charge on any atom is -0.354 e. The third kappa shape index (κ3) is 7.62. The molecule has 0 rings (SSSR count). The monoisotopic (exact) mass is 197 g/mol. The second kappa shape index (κ2) is 5.09. The summed E-state index contributed by atoms with van der Waals surface area (Å²) in [5.41, 5.74) is 0. The standard InChI is InChI=1S/C8H14F3NO/c1-3-6(2)12-7(13)4-5-8(9,10)11/h6H,3-5H2,1-2H3,(H,12,13)/t6-/m1/s1. The lowest BCUT2D eigenvalue weighted by Crippen LogP contribution is -2.32. The van der Waals surface area contributed by atoms with Crippen molar-refractivity contribution in [3.05, 3.63) is 0 Å². The van der Waals surface area contributed by atoms with Gasteiger partial charge in [-0.3, -0.25) is 4.79 Å². The van der Waals surface area contributed by atoms with Gasteiger partial charge in [0.05, 0.1) is 6.42 Å². The molecule has 0 unspecified atom stereocenters. The molecule has 0 aliphatic carbocycles. The molecule has 0 radical (unpaired) electrons. The van der Waals surface area contributed by atoms with Crippen LogP contribution in [-0.2, 0) is 4.79 Å². The van der Waals surface area contributed by atoms with Gasteiger partial charge in [0.1, 0.15) is 0 Å². The van der Waals surface area contributed by atoms with Gasteiger partial charge < -0.3 is 5.32 Å². The fraction of sp³-hybridized carbons (Fsp3) is 0.875. The summed E-state index contributed by atoms with van der Waals surface area (Å²) in [5.74, 6) is -0.535. The van der Waals surface area contributed by atoms with Crippen molar-refractivity contribution in [2.45, 2.75) is 45.3 Å². The van der Waals surface area contributed by atoms with E-state index >= 15 is 0 Å². The summed E-state index contributed by atoms with van der Waals surface area (Å²) < 4.78 is 35.0. The van der Waals surface area contributed by atoms with Gasteiger partial charge in [-0.15, -0.1) is 0 Å². The van der Waals surface area contributed by atoms with Gasteiger partial charge in [-0.25, -0.2) is 0 Å². The first-order valence-corrected chi connectivity index (χ1v) is 4.21. The van der Waals surface area contributed by atoms with Crippen LogP contribution in [0, 0.1) is 0 Å². The van der Waals surface area contributed by atoms with Crippen LogP contribution >= 0.6 is 0 Å². The first kappa shape index (κ1) is 12.3. The van der Waals surface area contributed by atoms with E-state index in [9.17, 15) is 18.0 Å². The molecule has 0 bridgehead atoms. The summed E-state index contributed by atoms with van der Waals surface area (Å²) in [6.07, 6.45) is -5.05. The smallest absolute Gasteiger partial charge is 0.354 e. The topological polar surface area (TPSA) is 29.1 Å². The van der Waals surface area contributed by atoms with E-state index in [2.05, 4.69) is 5.32 Å². The van der Waals surface area contributed by atoms with Crippen LogP contribution in [0.5, 0.6) is 0 Å². The van der Waals surface area contributed by atoms with Crippen LogP contribution < -0.4 is 5.32 Å². The number of carbonyl (C=O) groups is 1. The molecule has 78 valence electrons. The zero-order chi connectivity index (χ0) is 10.5. The van der Waals surface area contributed by atoms with Gasteiger partial charge in [-0.05, 0) is 13.3 Å². The van der Waals surface area contributed by atoms with Gasteiger partial charge in [-0.1, -0.05) is 6.92 Å². The van der Waals surface area contributed by atoms with Crippen LogP contribution in [0.4, 0.5) is 13.2 Å². The van der Waals surface area contributed by atoms with E-state index in [4.69, 9.17) is 0 Å². The average molecular weight is 197 g/mol. The van der Waals surface area contributed by atoms with E-state index in [1.54, 1.807) is 6.92 Å². The Balaban J connectivity index is 3.64. The highest BCUT2D eigenvalue weighted by Gasteiger charge is 2.27. The quantitative estimate of drug-likeness (QED) is 0.735. The maximum Gasteiger partial charge on any atom is 0.389 e. The van der Waals surface area contributed by atoms with Crippen molar-refractivity contribution in [3.63, 3.8) is 0 Å². The van der Waals surface area contributed by atoms with E-state index in [1.807, 2.05) is 6.92 Å². The largest absolute Gasteiger partial charge is 0.389 e. The van der Waals surface area contributed by atoms with Crippen molar-refractivity contribution in [1.82, 2.24) is 5.32 Å². The first-order chi connectivity index (χ1) is 5.85. The molecule has 1 N–H and O–H groups in total. The molecule has 0 spiro atoms. The summed E-state index contributed by atoms with van der Waals surface area (Å²) in [4.78, 5) is 10.8. The van der Waals surface area contributed by atoms with Crippen molar-refractivity contribution in [2.75, 3.05) is 0 Å². The van der Waals surface area contributed by atoms with Crippen LogP contribution in [0.3, 0.4) is 0 Å². The van der Waals surface area contributed by atoms with E-state index in [0.29, 0.717) is 0 Å². The highest BCUT2D eigenvalue weighted by Crippen LogP contribution is 2.20. The lowest BCUT2D eigenvalue weighted by molar-refractivity contribution is -0.144. The second-order valence-electron chi connectivity index (χ2n) is 2.99. The van der Waals surface area contributed by atoms with Gasteiger partial charge in [0.25, 0.3) is 0 Å². The molecule has 1 amide bonds. The lowest BCUT2D eigenvalue weighted by Gasteiger charge is -2.11. The van der Waals surface area contributed by atoms with Crippen molar-refractivity contribution >= 4 is 5.91 Å². The minimum absolute atomic E-state index is 0.0549. The molecule has 2 nitrogen and oxygen atoms in total. The third-order valence-electron chi connectivity index (χ3n) is 1.66. The van der Waals surface area contributed by atoms with Crippen molar-refractivity contribution < 1.29 is 18.0 Å². The lowest BCUT2D eigenvalue weighted by atomic mass is 10.2. The van der Waals surface area contributed by atoms with Gasteiger partial charge in [0.2, 0.25) is 5.91 Å². The maximum absolute atomic E-state index is 11.7. The maximum atomic E-state index is 11.7. The van der Waals surface area contributed by atoms with Crippen molar-refractivity contribution in [2.24, 2.45) is 0 Å². The highest BCUT2D eigenvalue weighted by molar-refractivity contribution is 5.76. The number of hydrogen-bond acceptors (Lipinski definition) is 1. The Morgan fingerprint density at radius 2 is 2.00 bits per heavy atom. The summed E-state index contributed by atoms with van der Waals surface area (Å²) in [7, 11) is 0. The molecule has 5 heteroatoms. The molecule has 13 heavy (non-hydrogen) atoms. The highest BCUT2D eigenvalue weighted by atomic mass is 19.4. The molecule has 0 saturated heterocycles. The number of amides is 1. The van der Waals surface area contributed by atoms with E-state index < -0.39 is 24.9 Å². The molecule has 0 aromatic carbocycles. The first-order valence-electron chi connectivity index (χ1n) is 4.21. The van der Waals surface area contributed by atoms with E-state index in [1.165, 1.54) is 0 Å². The summed E-state index contributed by atoms with van der Waals surface area (Å²) >= 11 is 0. The molecular weight excluding hydrogens is 183 g/mol. The SMILES string of the molecule is CC[C@@H](C)NC(=O)CCC(F)(F)F. The van der Waals surface area contributed by atoms with Crippen LogP contribution in [0.1, 0.15) is 33.1 Å². The Labute approximate surface area is 75.5 Å². The molecule has 0 aliphatic rings. The Morgan fingerprint density at radius 3 is 2.38 bits per heavy atom. The van der Waals surface area contributed by atoms with E-state index in [0.717, 1.165) is 6.42 Å². The Kier molecular flexibility index (Phi) is 4.80. The normalized spacial score (nSPS) is 13.9. The number of hydrogen-bond donors (Lipinski definition) is 1. The summed E-state index contributed by atoms with van der Waals surface area (Å²) in [6, 6.07) is -0.0549. The van der Waals surface area contributed by atoms with Gasteiger partial charge in [-0.2, -0.15) is 13.2 Å². The van der Waals surface area contributed by atoms with E-state index in [-0.39, 0.29) is 6.04 Å². The Morgan fingerprint density at radius 1 is 1.46 bits per heavy atom. The molecule has 0 fully saturated rings. The number of halogens is 3. The van der Waals surface area contributed by atoms with Crippen LogP contribution in [0.25, 0.3) is 0 Å². The summed E-state index contributed by atoms with van der Waals surface area (Å²) in [6.45, 7) is 3.61. The molecule has 0 aromatic rings. The zero-order valence-electron chi connectivity index (χ0n) is 7.74. The summed E-state index contributed by atoms with van der Waals surface area (Å²) in [5, 5.41) is 2.46. The van der Waals surface area contributed by atoms with Crippen LogP contribution in [-0.4, -0.2) is 18.1 Å². The fourth-order valence-electron chi connectivity index (χ4n) is 0.704. The predicted octanol–water partition coefficient (Wildman–Crippen LogP) is 2.24. The second-order valence-corrected chi connectivity index (χ2v) is 2.99. The van der Waals surface area contributed by atoms with Gasteiger partial charge in [0.15, 0.2) is 0 Å². The minimum atomic E-state index is -4.24. The Bertz CT molecular complexity index is 167. The van der Waals surface area contributed by atoms with Crippen molar-refractivity contribution in [3.8, 4) is 0 Å². The average Bonchev–Trinajstić information content (AvgIpc) is 1.99. The van der Waals surface area contributed by atoms with Crippen molar-refractivity contribution in [1.29, 1.82) is 0 Å². The van der Waals surface area contributed by atoms with Crippen LogP contribution in [0.2, 0.25) is 0 Å². The number of nitrogens with one attached hydrogen (secondary N) is 1. The predicted molar refractivity (Wildman–Crippen MR) is 43.2 cm³/mol. The molecule has 0 saturated carbocycles. The fourth-order valence-corrected chi connectivity index (χ4v) is 0.704. The molecule has 0 heterocycles.